The predicted molar refractivity (Wildman–Crippen MR) is 94.5 cm³/mol. The molecule has 0 atom stereocenters. The number of hydrogen-bond donors (Lipinski definition) is 2. The second-order valence-electron chi connectivity index (χ2n) is 5.45. The van der Waals surface area contributed by atoms with Crippen molar-refractivity contribution in [1.29, 1.82) is 0 Å². The van der Waals surface area contributed by atoms with Crippen LogP contribution in [0, 0.1) is 0 Å². The van der Waals surface area contributed by atoms with Crippen LogP contribution in [0.2, 0.25) is 5.02 Å². The minimum Gasteiger partial charge on any atom is -0.423 e. The van der Waals surface area contributed by atoms with Gasteiger partial charge in [-0.2, -0.15) is 0 Å². The van der Waals surface area contributed by atoms with Gasteiger partial charge in [0.05, 0.1) is 17.3 Å². The Morgan fingerprint density at radius 2 is 2.14 bits per heavy atom. The number of thiocarbonyl (C=S) groups is 1. The lowest BCUT2D eigenvalue weighted by molar-refractivity contribution is 0.275. The van der Waals surface area contributed by atoms with E-state index in [1.165, 1.54) is 32.1 Å². The molecule has 3 nitrogen and oxygen atoms in total. The maximum Gasteiger partial charge on any atom is 0.493 e. The van der Waals surface area contributed by atoms with Gasteiger partial charge in [-0.05, 0) is 24.5 Å². The molecule has 1 fully saturated rings. The average Bonchev–Trinajstić information content (AvgIpc) is 2.85. The molecule has 1 aliphatic heterocycles. The molecule has 0 spiro atoms. The Kier molecular flexibility index (Phi) is 5.12. The Balaban J connectivity index is 1.67. The van der Waals surface area contributed by atoms with Crippen LogP contribution >= 0.6 is 35.6 Å². The Morgan fingerprint density at radius 1 is 1.38 bits per heavy atom. The van der Waals surface area contributed by atoms with Crippen molar-refractivity contribution >= 4 is 58.2 Å². The fourth-order valence-corrected chi connectivity index (χ4v) is 4.73. The molecule has 1 aliphatic carbocycles. The summed E-state index contributed by atoms with van der Waals surface area (Å²) in [6.45, 7) is 0.401. The van der Waals surface area contributed by atoms with Crippen molar-refractivity contribution in [2.75, 3.05) is 5.32 Å². The number of rotatable bonds is 2. The highest BCUT2D eigenvalue weighted by molar-refractivity contribution is 8.23. The van der Waals surface area contributed by atoms with Gasteiger partial charge in [0.15, 0.2) is 0 Å². The topological polar surface area (TPSA) is 41.5 Å². The summed E-state index contributed by atoms with van der Waals surface area (Å²) in [6.07, 6.45) is 6.40. The zero-order valence-electron chi connectivity index (χ0n) is 11.6. The van der Waals surface area contributed by atoms with Gasteiger partial charge in [0.1, 0.15) is 4.32 Å². The molecule has 1 heterocycles. The van der Waals surface area contributed by atoms with Crippen LogP contribution in [0.15, 0.2) is 12.1 Å². The molecule has 0 aromatic heterocycles. The van der Waals surface area contributed by atoms with Crippen LogP contribution in [0.3, 0.4) is 0 Å². The van der Waals surface area contributed by atoms with E-state index >= 15 is 0 Å². The maximum atomic E-state index is 9.81. The summed E-state index contributed by atoms with van der Waals surface area (Å²) in [7, 11) is -0.936. The minimum atomic E-state index is -0.936. The van der Waals surface area contributed by atoms with Crippen LogP contribution < -0.4 is 10.8 Å². The van der Waals surface area contributed by atoms with Gasteiger partial charge in [-0.1, -0.05) is 60.9 Å². The number of anilines is 1. The fraction of sp³-hybridized carbons (Fsp3) is 0.500. The van der Waals surface area contributed by atoms with Crippen molar-refractivity contribution in [2.45, 2.75) is 44.0 Å². The van der Waals surface area contributed by atoms with E-state index in [0.717, 1.165) is 15.6 Å². The first-order chi connectivity index (χ1) is 10.1. The van der Waals surface area contributed by atoms with E-state index in [1.54, 1.807) is 11.8 Å². The lowest BCUT2D eigenvalue weighted by Crippen LogP contribution is -2.29. The largest absolute Gasteiger partial charge is 0.493 e. The monoisotopic (exact) mass is 341 g/mol. The second-order valence-corrected chi connectivity index (χ2v) is 7.81. The molecule has 112 valence electrons. The number of nitrogens with one attached hydrogen (secondary N) is 1. The first kappa shape index (κ1) is 15.6. The van der Waals surface area contributed by atoms with Crippen LogP contribution in [0.4, 0.5) is 5.69 Å². The predicted octanol–water partition coefficient (Wildman–Crippen LogP) is 3.32. The lowest BCUT2D eigenvalue weighted by atomic mass is 9.79. The van der Waals surface area contributed by atoms with Gasteiger partial charge in [-0.25, -0.2) is 0 Å². The minimum absolute atomic E-state index is 0.401. The van der Waals surface area contributed by atoms with Gasteiger partial charge in [0.2, 0.25) is 0 Å². The first-order valence-corrected chi connectivity index (χ1v) is 8.90. The van der Waals surface area contributed by atoms with Crippen LogP contribution in [-0.4, -0.2) is 21.7 Å². The highest BCUT2D eigenvalue weighted by atomic mass is 35.5. The van der Waals surface area contributed by atoms with Crippen molar-refractivity contribution < 1.29 is 9.68 Å². The van der Waals surface area contributed by atoms with Gasteiger partial charge in [-0.15, -0.1) is 0 Å². The summed E-state index contributed by atoms with van der Waals surface area (Å²) in [5, 5.41) is 14.1. The molecule has 1 aromatic carbocycles. The van der Waals surface area contributed by atoms with Gasteiger partial charge in [0, 0.05) is 10.7 Å². The molecule has 0 unspecified atom stereocenters. The Morgan fingerprint density at radius 3 is 2.90 bits per heavy atom. The van der Waals surface area contributed by atoms with E-state index in [4.69, 9.17) is 28.5 Å². The van der Waals surface area contributed by atoms with E-state index in [1.807, 2.05) is 12.1 Å². The highest BCUT2D eigenvalue weighted by Gasteiger charge is 2.31. The van der Waals surface area contributed by atoms with Crippen LogP contribution in [0.5, 0.6) is 0 Å². The zero-order chi connectivity index (χ0) is 14.8. The Bertz CT molecular complexity index is 552. The number of fused-ring (bicyclic) bond motifs is 1. The molecular weight excluding hydrogens is 325 g/mol. The summed E-state index contributed by atoms with van der Waals surface area (Å²) in [5.74, 6) is 0. The lowest BCUT2D eigenvalue weighted by Gasteiger charge is -2.21. The SMILES string of the molecule is OB1OCc2ccc(NC(=S)SC3CCCCC3)c(Cl)c21. The van der Waals surface area contributed by atoms with E-state index in [9.17, 15) is 5.02 Å². The van der Waals surface area contributed by atoms with Crippen LogP contribution in [-0.2, 0) is 11.3 Å². The van der Waals surface area contributed by atoms with E-state index in [2.05, 4.69) is 5.32 Å². The average molecular weight is 342 g/mol. The number of halogens is 1. The molecule has 1 aromatic rings. The van der Waals surface area contributed by atoms with E-state index < -0.39 is 7.12 Å². The summed E-state index contributed by atoms with van der Waals surface area (Å²) >= 11 is 13.5. The Hall–Kier alpha value is -0.265. The molecule has 0 amide bonds. The zero-order valence-corrected chi connectivity index (χ0v) is 14.0. The van der Waals surface area contributed by atoms with Gasteiger partial charge < -0.3 is 15.0 Å². The van der Waals surface area contributed by atoms with Gasteiger partial charge in [0.25, 0.3) is 0 Å². The summed E-state index contributed by atoms with van der Waals surface area (Å²) in [5.41, 5.74) is 2.34. The third-order valence-corrected chi connectivity index (χ3v) is 5.90. The second kappa shape index (κ2) is 6.88. The Labute approximate surface area is 139 Å². The van der Waals surface area contributed by atoms with Crippen molar-refractivity contribution in [3.05, 3.63) is 22.7 Å². The third-order valence-electron chi connectivity index (χ3n) is 3.98. The van der Waals surface area contributed by atoms with Crippen molar-refractivity contribution in [1.82, 2.24) is 0 Å². The van der Waals surface area contributed by atoms with E-state index in [-0.39, 0.29) is 0 Å². The van der Waals surface area contributed by atoms with Crippen LogP contribution in [0.25, 0.3) is 0 Å². The van der Waals surface area contributed by atoms with Gasteiger partial charge >= 0.3 is 7.12 Å². The number of hydrogen-bond acceptors (Lipinski definition) is 4. The molecule has 0 bridgehead atoms. The summed E-state index contributed by atoms with van der Waals surface area (Å²) < 4.78 is 5.94. The highest BCUT2D eigenvalue weighted by Crippen LogP contribution is 2.31. The molecule has 3 rings (SSSR count). The van der Waals surface area contributed by atoms with Crippen molar-refractivity contribution in [2.24, 2.45) is 0 Å². The third kappa shape index (κ3) is 3.56. The summed E-state index contributed by atoms with van der Waals surface area (Å²) in [6, 6.07) is 3.82. The normalized spacial score (nSPS) is 18.7. The number of benzene rings is 1. The van der Waals surface area contributed by atoms with E-state index in [0.29, 0.717) is 22.3 Å². The standard InChI is InChI=1S/C14H17BClNO2S2/c16-13-11(7-6-9-8-19-15(18)12(9)13)17-14(20)21-10-4-2-1-3-5-10/h6-7,10,18H,1-5,8H2,(H,17,20). The van der Waals surface area contributed by atoms with Crippen molar-refractivity contribution in [3.63, 3.8) is 0 Å². The molecule has 0 radical (unpaired) electrons. The maximum absolute atomic E-state index is 9.81. The number of thioether (sulfide) groups is 1. The first-order valence-electron chi connectivity index (χ1n) is 7.23. The summed E-state index contributed by atoms with van der Waals surface area (Å²) in [4.78, 5) is 0. The van der Waals surface area contributed by atoms with Crippen LogP contribution in [0.1, 0.15) is 37.7 Å². The molecule has 1 saturated carbocycles. The molecule has 2 aliphatic rings. The van der Waals surface area contributed by atoms with Crippen molar-refractivity contribution in [3.8, 4) is 0 Å². The quantitative estimate of drug-likeness (QED) is 0.638. The molecule has 2 N–H and O–H groups in total. The molecule has 7 heteroatoms. The molecule has 21 heavy (non-hydrogen) atoms. The fourth-order valence-electron chi connectivity index (χ4n) is 2.85. The molecular formula is C14H17BClNO2S2. The molecule has 0 saturated heterocycles. The smallest absolute Gasteiger partial charge is 0.423 e. The van der Waals surface area contributed by atoms with Gasteiger partial charge in [-0.3, -0.25) is 0 Å².